The molecule has 1 saturated carbocycles. The highest BCUT2D eigenvalue weighted by Crippen LogP contribution is 2.30. The van der Waals surface area contributed by atoms with Crippen LogP contribution in [0.2, 0.25) is 0 Å². The Labute approximate surface area is 114 Å². The molecule has 2 atom stereocenters. The molecule has 1 heterocycles. The van der Waals surface area contributed by atoms with Crippen LogP contribution in [-0.2, 0) is 4.79 Å². The van der Waals surface area contributed by atoms with Gasteiger partial charge in [-0.15, -0.1) is 0 Å². The number of nitrogens with zero attached hydrogens (tertiary/aromatic N) is 2. The van der Waals surface area contributed by atoms with E-state index in [9.17, 15) is 9.59 Å². The summed E-state index contributed by atoms with van der Waals surface area (Å²) in [5.74, 6) is 0.356. The Balaban J connectivity index is 1.93. The second-order valence-corrected chi connectivity index (χ2v) is 6.04. The first-order valence-corrected chi connectivity index (χ1v) is 7.26. The molecule has 5 nitrogen and oxygen atoms in total. The van der Waals surface area contributed by atoms with E-state index < -0.39 is 5.97 Å². The third-order valence-electron chi connectivity index (χ3n) is 4.40. The number of rotatable bonds is 4. The normalized spacial score (nSPS) is 27.2. The zero-order valence-corrected chi connectivity index (χ0v) is 11.8. The standard InChI is InChI=1S/C14H24N2O3/c1-10-5-7-15(9-11(10)2)14(19)16(12-3-4-12)8-6-13(17)18/h10-12H,3-9H2,1-2H3,(H,17,18). The second kappa shape index (κ2) is 5.80. The average Bonchev–Trinajstić information content (AvgIpc) is 3.16. The van der Waals surface area contributed by atoms with Crippen molar-refractivity contribution >= 4 is 12.0 Å². The van der Waals surface area contributed by atoms with Gasteiger partial charge in [0.15, 0.2) is 0 Å². The highest BCUT2D eigenvalue weighted by molar-refractivity contribution is 5.76. The molecule has 0 aromatic rings. The zero-order chi connectivity index (χ0) is 14.0. The molecule has 5 heteroatoms. The van der Waals surface area contributed by atoms with Crippen LogP contribution in [0, 0.1) is 11.8 Å². The molecular weight excluding hydrogens is 244 g/mol. The lowest BCUT2D eigenvalue weighted by molar-refractivity contribution is -0.137. The van der Waals surface area contributed by atoms with Crippen molar-refractivity contribution in [3.63, 3.8) is 0 Å². The topological polar surface area (TPSA) is 60.9 Å². The molecule has 0 spiro atoms. The molecule has 2 aliphatic rings. The molecule has 1 N–H and O–H groups in total. The van der Waals surface area contributed by atoms with Gasteiger partial charge in [0.2, 0.25) is 0 Å². The number of amides is 2. The van der Waals surface area contributed by atoms with Gasteiger partial charge < -0.3 is 14.9 Å². The summed E-state index contributed by atoms with van der Waals surface area (Å²) in [6.07, 6.45) is 3.13. The third-order valence-corrected chi connectivity index (χ3v) is 4.40. The quantitative estimate of drug-likeness (QED) is 0.848. The third kappa shape index (κ3) is 3.61. The number of urea groups is 1. The number of likely N-dealkylation sites (tertiary alicyclic amines) is 1. The molecule has 108 valence electrons. The Morgan fingerprint density at radius 2 is 1.89 bits per heavy atom. The van der Waals surface area contributed by atoms with Gasteiger partial charge >= 0.3 is 12.0 Å². The van der Waals surface area contributed by atoms with Crippen molar-refractivity contribution in [2.45, 2.75) is 45.6 Å². The molecule has 0 aromatic carbocycles. The molecule has 19 heavy (non-hydrogen) atoms. The molecule has 1 aliphatic heterocycles. The summed E-state index contributed by atoms with van der Waals surface area (Å²) in [5.41, 5.74) is 0. The van der Waals surface area contributed by atoms with Crippen molar-refractivity contribution in [3.05, 3.63) is 0 Å². The van der Waals surface area contributed by atoms with Gasteiger partial charge in [0.1, 0.15) is 0 Å². The van der Waals surface area contributed by atoms with Crippen LogP contribution in [0.3, 0.4) is 0 Å². The van der Waals surface area contributed by atoms with Crippen LogP contribution in [0.25, 0.3) is 0 Å². The predicted molar refractivity (Wildman–Crippen MR) is 71.9 cm³/mol. The largest absolute Gasteiger partial charge is 0.481 e. The summed E-state index contributed by atoms with van der Waals surface area (Å²) in [6.45, 7) is 6.37. The van der Waals surface area contributed by atoms with Crippen LogP contribution in [0.15, 0.2) is 0 Å². The number of carboxylic acids is 1. The highest BCUT2D eigenvalue weighted by Gasteiger charge is 2.36. The summed E-state index contributed by atoms with van der Waals surface area (Å²) in [5, 5.41) is 8.78. The molecule has 1 saturated heterocycles. The van der Waals surface area contributed by atoms with Crippen LogP contribution in [0.5, 0.6) is 0 Å². The van der Waals surface area contributed by atoms with E-state index in [0.29, 0.717) is 18.4 Å². The smallest absolute Gasteiger partial charge is 0.320 e. The maximum absolute atomic E-state index is 12.5. The van der Waals surface area contributed by atoms with E-state index in [1.807, 2.05) is 4.90 Å². The Morgan fingerprint density at radius 3 is 2.42 bits per heavy atom. The maximum Gasteiger partial charge on any atom is 0.320 e. The number of aliphatic carboxylic acids is 1. The predicted octanol–water partition coefficient (Wildman–Crippen LogP) is 2.02. The molecule has 0 aromatic heterocycles. The molecule has 0 radical (unpaired) electrons. The summed E-state index contributed by atoms with van der Waals surface area (Å²) >= 11 is 0. The van der Waals surface area contributed by atoms with E-state index in [1.165, 1.54) is 0 Å². The molecule has 0 bridgehead atoms. The van der Waals surface area contributed by atoms with Crippen molar-refractivity contribution in [2.75, 3.05) is 19.6 Å². The number of hydrogen-bond acceptors (Lipinski definition) is 2. The molecule has 2 unspecified atom stereocenters. The van der Waals surface area contributed by atoms with Crippen molar-refractivity contribution < 1.29 is 14.7 Å². The lowest BCUT2D eigenvalue weighted by Gasteiger charge is -2.38. The average molecular weight is 268 g/mol. The van der Waals surface area contributed by atoms with E-state index in [0.717, 1.165) is 32.4 Å². The zero-order valence-electron chi connectivity index (χ0n) is 11.8. The maximum atomic E-state index is 12.5. The van der Waals surface area contributed by atoms with E-state index in [-0.39, 0.29) is 18.5 Å². The minimum absolute atomic E-state index is 0.0437. The van der Waals surface area contributed by atoms with Crippen LogP contribution in [-0.4, -0.2) is 52.6 Å². The fourth-order valence-electron chi connectivity index (χ4n) is 2.65. The van der Waals surface area contributed by atoms with Crippen molar-refractivity contribution in [1.29, 1.82) is 0 Å². The minimum atomic E-state index is -0.834. The van der Waals surface area contributed by atoms with Crippen molar-refractivity contribution in [3.8, 4) is 0 Å². The van der Waals surface area contributed by atoms with Gasteiger partial charge in [-0.05, 0) is 31.1 Å². The van der Waals surface area contributed by atoms with E-state index in [2.05, 4.69) is 13.8 Å². The van der Waals surface area contributed by atoms with Gasteiger partial charge in [-0.1, -0.05) is 13.8 Å². The van der Waals surface area contributed by atoms with Crippen LogP contribution in [0.1, 0.15) is 39.5 Å². The Bertz CT molecular complexity index is 355. The van der Waals surface area contributed by atoms with Crippen LogP contribution in [0.4, 0.5) is 4.79 Å². The molecule has 2 fully saturated rings. The highest BCUT2D eigenvalue weighted by atomic mass is 16.4. The van der Waals surface area contributed by atoms with E-state index >= 15 is 0 Å². The van der Waals surface area contributed by atoms with Gasteiger partial charge in [-0.2, -0.15) is 0 Å². The minimum Gasteiger partial charge on any atom is -0.481 e. The Hall–Kier alpha value is -1.26. The Kier molecular flexibility index (Phi) is 4.32. The number of carboxylic acid groups (broad SMARTS) is 1. The first-order chi connectivity index (χ1) is 8.99. The molecule has 2 rings (SSSR count). The summed E-state index contributed by atoms with van der Waals surface area (Å²) in [6, 6.07) is 0.323. The van der Waals surface area contributed by atoms with Gasteiger partial charge in [-0.25, -0.2) is 4.79 Å². The second-order valence-electron chi connectivity index (χ2n) is 6.04. The SMILES string of the molecule is CC1CCN(C(=O)N(CCC(=O)O)C2CC2)CC1C. The van der Waals surface area contributed by atoms with E-state index in [1.54, 1.807) is 4.90 Å². The van der Waals surface area contributed by atoms with Gasteiger partial charge in [-0.3, -0.25) is 4.79 Å². The molecular formula is C14H24N2O3. The monoisotopic (exact) mass is 268 g/mol. The van der Waals surface area contributed by atoms with E-state index in [4.69, 9.17) is 5.11 Å². The number of piperidine rings is 1. The summed E-state index contributed by atoms with van der Waals surface area (Å²) in [4.78, 5) is 26.9. The van der Waals surface area contributed by atoms with Crippen molar-refractivity contribution in [1.82, 2.24) is 9.80 Å². The Morgan fingerprint density at radius 1 is 1.21 bits per heavy atom. The van der Waals surface area contributed by atoms with Gasteiger partial charge in [0.25, 0.3) is 0 Å². The number of carbonyl (C=O) groups excluding carboxylic acids is 1. The number of hydrogen-bond donors (Lipinski definition) is 1. The first kappa shape index (κ1) is 14.2. The van der Waals surface area contributed by atoms with Crippen LogP contribution >= 0.6 is 0 Å². The number of carbonyl (C=O) groups is 2. The van der Waals surface area contributed by atoms with Crippen LogP contribution < -0.4 is 0 Å². The lowest BCUT2D eigenvalue weighted by atomic mass is 9.89. The fraction of sp³-hybridized carbons (Fsp3) is 0.857. The molecule has 2 amide bonds. The van der Waals surface area contributed by atoms with Gasteiger partial charge in [0.05, 0.1) is 6.42 Å². The van der Waals surface area contributed by atoms with Crippen molar-refractivity contribution in [2.24, 2.45) is 11.8 Å². The summed E-state index contributed by atoms with van der Waals surface area (Å²) < 4.78 is 0. The van der Waals surface area contributed by atoms with Gasteiger partial charge in [0, 0.05) is 25.7 Å². The lowest BCUT2D eigenvalue weighted by Crippen LogP contribution is -2.50. The molecule has 1 aliphatic carbocycles. The summed E-state index contributed by atoms with van der Waals surface area (Å²) in [7, 11) is 0. The fourth-order valence-corrected chi connectivity index (χ4v) is 2.65. The first-order valence-electron chi connectivity index (χ1n) is 7.26.